The molecule has 0 unspecified atom stereocenters. The van der Waals surface area contributed by atoms with E-state index in [-0.39, 0.29) is 0 Å². The second-order valence-corrected chi connectivity index (χ2v) is 3.63. The van der Waals surface area contributed by atoms with E-state index in [2.05, 4.69) is 41.0 Å². The van der Waals surface area contributed by atoms with Crippen molar-refractivity contribution < 1.29 is 0 Å². The highest BCUT2D eigenvalue weighted by molar-refractivity contribution is 4.90. The Labute approximate surface area is 73.8 Å². The van der Waals surface area contributed by atoms with Crippen molar-refractivity contribution in [2.45, 2.75) is 25.4 Å². The molecule has 0 spiro atoms. The first kappa shape index (κ1) is 7.87. The Morgan fingerprint density at radius 1 is 1.33 bits per heavy atom. The van der Waals surface area contributed by atoms with E-state index in [0.717, 1.165) is 12.6 Å². The van der Waals surface area contributed by atoms with Gasteiger partial charge in [-0.1, -0.05) is 0 Å². The minimum atomic E-state index is 0.889. The summed E-state index contributed by atoms with van der Waals surface area (Å²) in [5.74, 6) is 0. The topological polar surface area (TPSA) is 8.17 Å². The Hall–Kier alpha value is -0.760. The van der Waals surface area contributed by atoms with Crippen LogP contribution in [-0.2, 0) is 6.54 Å². The lowest BCUT2D eigenvalue weighted by Gasteiger charge is -2.15. The fourth-order valence-corrected chi connectivity index (χ4v) is 1.49. The molecule has 1 aliphatic carbocycles. The molecule has 2 heteroatoms. The van der Waals surface area contributed by atoms with Crippen LogP contribution in [0.3, 0.4) is 0 Å². The molecule has 0 atom stereocenters. The molecule has 0 aliphatic heterocycles. The average Bonchev–Trinajstić information content (AvgIpc) is 2.80. The molecule has 2 rings (SSSR count). The van der Waals surface area contributed by atoms with Crippen molar-refractivity contribution in [3.63, 3.8) is 0 Å². The highest BCUT2D eigenvalue weighted by Crippen LogP contribution is 2.24. The Morgan fingerprint density at radius 2 is 2.00 bits per heavy atom. The van der Waals surface area contributed by atoms with Gasteiger partial charge in [0, 0.05) is 31.5 Å². The van der Waals surface area contributed by atoms with Gasteiger partial charge >= 0.3 is 0 Å². The normalized spacial score (nSPS) is 17.2. The van der Waals surface area contributed by atoms with Crippen molar-refractivity contribution in [1.29, 1.82) is 0 Å². The molecule has 0 aromatic carbocycles. The van der Waals surface area contributed by atoms with Crippen molar-refractivity contribution in [2.75, 3.05) is 13.6 Å². The van der Waals surface area contributed by atoms with Gasteiger partial charge in [0.05, 0.1) is 0 Å². The van der Waals surface area contributed by atoms with Gasteiger partial charge in [-0.15, -0.1) is 0 Å². The molecule has 12 heavy (non-hydrogen) atoms. The number of nitrogens with zero attached hydrogens (tertiary/aromatic N) is 2. The molecule has 0 bridgehead atoms. The van der Waals surface area contributed by atoms with Crippen LogP contribution in [0, 0.1) is 0 Å². The predicted octanol–water partition coefficient (Wildman–Crippen LogP) is 1.58. The van der Waals surface area contributed by atoms with Crippen molar-refractivity contribution >= 4 is 0 Å². The van der Waals surface area contributed by atoms with E-state index in [1.54, 1.807) is 0 Å². The first-order chi connectivity index (χ1) is 5.86. The minimum Gasteiger partial charge on any atom is -0.353 e. The van der Waals surface area contributed by atoms with E-state index in [9.17, 15) is 0 Å². The Morgan fingerprint density at radius 3 is 2.58 bits per heavy atom. The third kappa shape index (κ3) is 1.89. The number of rotatable bonds is 4. The van der Waals surface area contributed by atoms with Crippen LogP contribution in [0.1, 0.15) is 12.8 Å². The highest BCUT2D eigenvalue weighted by atomic mass is 15.2. The number of hydrogen-bond acceptors (Lipinski definition) is 1. The standard InChI is InChI=1S/C10H16N2/c1-11(10-4-5-10)8-9-12-6-2-3-7-12/h2-3,6-7,10H,4-5,8-9H2,1H3. The van der Waals surface area contributed by atoms with Crippen molar-refractivity contribution in [1.82, 2.24) is 9.47 Å². The van der Waals surface area contributed by atoms with Gasteiger partial charge in [-0.25, -0.2) is 0 Å². The summed E-state index contributed by atoms with van der Waals surface area (Å²) < 4.78 is 2.24. The molecule has 1 saturated carbocycles. The summed E-state index contributed by atoms with van der Waals surface area (Å²) >= 11 is 0. The first-order valence-electron chi connectivity index (χ1n) is 4.67. The lowest BCUT2D eigenvalue weighted by atomic mass is 10.5. The summed E-state index contributed by atoms with van der Waals surface area (Å²) in [6.45, 7) is 2.30. The lowest BCUT2D eigenvalue weighted by Crippen LogP contribution is -2.24. The molecule has 0 radical (unpaired) electrons. The fourth-order valence-electron chi connectivity index (χ4n) is 1.49. The minimum absolute atomic E-state index is 0.889. The van der Waals surface area contributed by atoms with Gasteiger partial charge < -0.3 is 9.47 Å². The van der Waals surface area contributed by atoms with Gasteiger partial charge in [0.15, 0.2) is 0 Å². The highest BCUT2D eigenvalue weighted by Gasteiger charge is 2.25. The average molecular weight is 164 g/mol. The summed E-state index contributed by atoms with van der Waals surface area (Å²) in [7, 11) is 2.22. The largest absolute Gasteiger partial charge is 0.353 e. The van der Waals surface area contributed by atoms with Crippen molar-refractivity contribution in [2.24, 2.45) is 0 Å². The summed E-state index contributed by atoms with van der Waals surface area (Å²) in [6.07, 6.45) is 7.06. The summed E-state index contributed by atoms with van der Waals surface area (Å²) in [5, 5.41) is 0. The molecule has 1 fully saturated rings. The number of hydrogen-bond donors (Lipinski definition) is 0. The molecule has 2 nitrogen and oxygen atoms in total. The van der Waals surface area contributed by atoms with E-state index >= 15 is 0 Å². The van der Waals surface area contributed by atoms with Crippen LogP contribution in [-0.4, -0.2) is 29.1 Å². The second-order valence-electron chi connectivity index (χ2n) is 3.63. The molecule has 0 N–H and O–H groups in total. The Kier molecular flexibility index (Phi) is 2.17. The molecular weight excluding hydrogens is 148 g/mol. The van der Waals surface area contributed by atoms with E-state index in [1.165, 1.54) is 19.4 Å². The summed E-state index contributed by atoms with van der Waals surface area (Å²) in [4.78, 5) is 2.46. The van der Waals surface area contributed by atoms with Crippen LogP contribution in [0.15, 0.2) is 24.5 Å². The quantitative estimate of drug-likeness (QED) is 0.656. The molecule has 0 amide bonds. The van der Waals surface area contributed by atoms with E-state index in [1.807, 2.05) is 0 Å². The third-order valence-corrected chi connectivity index (χ3v) is 2.55. The van der Waals surface area contributed by atoms with Gasteiger partial charge in [0.2, 0.25) is 0 Å². The molecule has 1 aromatic rings. The van der Waals surface area contributed by atoms with E-state index in [4.69, 9.17) is 0 Å². The predicted molar refractivity (Wildman–Crippen MR) is 50.1 cm³/mol. The third-order valence-electron chi connectivity index (χ3n) is 2.55. The lowest BCUT2D eigenvalue weighted by molar-refractivity contribution is 0.309. The summed E-state index contributed by atoms with van der Waals surface area (Å²) in [6, 6.07) is 5.05. The zero-order chi connectivity index (χ0) is 8.39. The van der Waals surface area contributed by atoms with Crippen LogP contribution in [0.4, 0.5) is 0 Å². The van der Waals surface area contributed by atoms with Crippen molar-refractivity contribution in [3.05, 3.63) is 24.5 Å². The fraction of sp³-hybridized carbons (Fsp3) is 0.600. The van der Waals surface area contributed by atoms with Crippen molar-refractivity contribution in [3.8, 4) is 0 Å². The zero-order valence-electron chi connectivity index (χ0n) is 7.61. The molecule has 1 aliphatic rings. The Balaban J connectivity index is 1.74. The maximum atomic E-state index is 2.46. The van der Waals surface area contributed by atoms with E-state index in [0.29, 0.717) is 0 Å². The van der Waals surface area contributed by atoms with Crippen LogP contribution in [0.5, 0.6) is 0 Å². The molecule has 66 valence electrons. The van der Waals surface area contributed by atoms with Gasteiger partial charge in [-0.3, -0.25) is 0 Å². The van der Waals surface area contributed by atoms with Gasteiger partial charge in [0.1, 0.15) is 0 Å². The zero-order valence-corrected chi connectivity index (χ0v) is 7.61. The van der Waals surface area contributed by atoms with E-state index < -0.39 is 0 Å². The maximum absolute atomic E-state index is 2.46. The smallest absolute Gasteiger partial charge is 0.0347 e. The van der Waals surface area contributed by atoms with Gasteiger partial charge in [-0.05, 0) is 32.0 Å². The van der Waals surface area contributed by atoms with Crippen LogP contribution in [0.2, 0.25) is 0 Å². The Bertz CT molecular complexity index is 224. The maximum Gasteiger partial charge on any atom is 0.0347 e. The monoisotopic (exact) mass is 164 g/mol. The number of likely N-dealkylation sites (N-methyl/N-ethyl adjacent to an activating group) is 1. The second kappa shape index (κ2) is 3.31. The number of aromatic nitrogens is 1. The van der Waals surface area contributed by atoms with Gasteiger partial charge in [0.25, 0.3) is 0 Å². The molecular formula is C10H16N2. The first-order valence-corrected chi connectivity index (χ1v) is 4.67. The van der Waals surface area contributed by atoms with Gasteiger partial charge in [-0.2, -0.15) is 0 Å². The van der Waals surface area contributed by atoms with Crippen LogP contribution >= 0.6 is 0 Å². The van der Waals surface area contributed by atoms with Crippen LogP contribution in [0.25, 0.3) is 0 Å². The molecule has 0 saturated heterocycles. The molecule has 1 aromatic heterocycles. The van der Waals surface area contributed by atoms with Crippen LogP contribution < -0.4 is 0 Å². The SMILES string of the molecule is CN(CCn1cccc1)C1CC1. The molecule has 1 heterocycles. The summed E-state index contributed by atoms with van der Waals surface area (Å²) in [5.41, 5.74) is 0.